The lowest BCUT2D eigenvalue weighted by Gasteiger charge is -1.98. The van der Waals surface area contributed by atoms with Crippen molar-refractivity contribution in [1.29, 1.82) is 0 Å². The number of rotatable bonds is 2. The number of aromatic amines is 1. The van der Waals surface area contributed by atoms with E-state index >= 15 is 0 Å². The molecule has 92 valence electrons. The maximum atomic E-state index is 10.7. The molecule has 1 aromatic heterocycles. The predicted molar refractivity (Wildman–Crippen MR) is 71.0 cm³/mol. The number of benzene rings is 1. The SMILES string of the molecule is CC(=O)NCCC#Cc1cc2cn[nH]c2cc1C. The molecule has 4 nitrogen and oxygen atoms in total. The van der Waals surface area contributed by atoms with Gasteiger partial charge in [-0.1, -0.05) is 11.8 Å². The number of carbonyl (C=O) groups is 1. The summed E-state index contributed by atoms with van der Waals surface area (Å²) in [6, 6.07) is 4.07. The Hall–Kier alpha value is -2.28. The van der Waals surface area contributed by atoms with E-state index in [1.54, 1.807) is 6.20 Å². The van der Waals surface area contributed by atoms with E-state index in [0.717, 1.165) is 22.0 Å². The first-order valence-electron chi connectivity index (χ1n) is 5.84. The fraction of sp³-hybridized carbons (Fsp3) is 0.286. The van der Waals surface area contributed by atoms with Crippen molar-refractivity contribution < 1.29 is 4.79 Å². The van der Waals surface area contributed by atoms with Crippen molar-refractivity contribution in [2.75, 3.05) is 6.54 Å². The molecule has 0 spiro atoms. The van der Waals surface area contributed by atoms with E-state index in [9.17, 15) is 4.79 Å². The van der Waals surface area contributed by atoms with Crippen molar-refractivity contribution in [3.05, 3.63) is 29.5 Å². The van der Waals surface area contributed by atoms with Gasteiger partial charge in [-0.3, -0.25) is 9.89 Å². The van der Waals surface area contributed by atoms with E-state index in [0.29, 0.717) is 13.0 Å². The Bertz CT molecular complexity index is 631. The van der Waals surface area contributed by atoms with E-state index in [1.165, 1.54) is 6.92 Å². The van der Waals surface area contributed by atoms with Gasteiger partial charge in [0.25, 0.3) is 0 Å². The van der Waals surface area contributed by atoms with Crippen LogP contribution in [0.4, 0.5) is 0 Å². The van der Waals surface area contributed by atoms with Gasteiger partial charge in [0.1, 0.15) is 0 Å². The average Bonchev–Trinajstić information content (AvgIpc) is 2.75. The highest BCUT2D eigenvalue weighted by atomic mass is 16.1. The molecule has 18 heavy (non-hydrogen) atoms. The van der Waals surface area contributed by atoms with Crippen LogP contribution >= 0.6 is 0 Å². The first-order valence-corrected chi connectivity index (χ1v) is 5.84. The molecule has 0 saturated heterocycles. The number of carbonyl (C=O) groups excluding carboxylic acids is 1. The minimum absolute atomic E-state index is 0.0206. The summed E-state index contributed by atoms with van der Waals surface area (Å²) in [5.74, 6) is 6.16. The second-order valence-corrected chi connectivity index (χ2v) is 4.16. The molecule has 0 bridgehead atoms. The van der Waals surface area contributed by atoms with Gasteiger partial charge in [0.15, 0.2) is 0 Å². The minimum Gasteiger partial charge on any atom is -0.355 e. The molecule has 2 N–H and O–H groups in total. The normalized spacial score (nSPS) is 9.89. The number of H-pyrrole nitrogens is 1. The highest BCUT2D eigenvalue weighted by Crippen LogP contribution is 2.16. The van der Waals surface area contributed by atoms with Gasteiger partial charge in [-0.15, -0.1) is 0 Å². The topological polar surface area (TPSA) is 57.8 Å². The van der Waals surface area contributed by atoms with Gasteiger partial charge in [0, 0.05) is 30.8 Å². The molecule has 0 aliphatic heterocycles. The van der Waals surface area contributed by atoms with E-state index in [2.05, 4.69) is 27.4 Å². The van der Waals surface area contributed by atoms with Gasteiger partial charge in [-0.05, 0) is 24.6 Å². The number of hydrogen-bond acceptors (Lipinski definition) is 2. The Labute approximate surface area is 106 Å². The molecule has 0 radical (unpaired) electrons. The van der Waals surface area contributed by atoms with Crippen LogP contribution in [0.1, 0.15) is 24.5 Å². The molecule has 0 aliphatic carbocycles. The smallest absolute Gasteiger partial charge is 0.216 e. The van der Waals surface area contributed by atoms with Gasteiger partial charge in [-0.2, -0.15) is 5.10 Å². The quantitative estimate of drug-likeness (QED) is 0.621. The third-order valence-corrected chi connectivity index (χ3v) is 2.63. The Morgan fingerprint density at radius 3 is 3.11 bits per heavy atom. The van der Waals surface area contributed by atoms with Gasteiger partial charge >= 0.3 is 0 Å². The Kier molecular flexibility index (Phi) is 3.63. The zero-order valence-corrected chi connectivity index (χ0v) is 10.5. The molecular weight excluding hydrogens is 226 g/mol. The molecule has 1 heterocycles. The molecule has 4 heteroatoms. The third-order valence-electron chi connectivity index (χ3n) is 2.63. The third kappa shape index (κ3) is 2.89. The van der Waals surface area contributed by atoms with Crippen molar-refractivity contribution >= 4 is 16.8 Å². The van der Waals surface area contributed by atoms with E-state index in [1.807, 2.05) is 19.1 Å². The van der Waals surface area contributed by atoms with Crippen LogP contribution in [0.25, 0.3) is 10.9 Å². The van der Waals surface area contributed by atoms with Crippen LogP contribution in [0.3, 0.4) is 0 Å². The number of hydrogen-bond donors (Lipinski definition) is 2. The fourth-order valence-corrected chi connectivity index (χ4v) is 1.69. The number of fused-ring (bicyclic) bond motifs is 1. The zero-order valence-electron chi connectivity index (χ0n) is 10.5. The summed E-state index contributed by atoms with van der Waals surface area (Å²) < 4.78 is 0. The summed E-state index contributed by atoms with van der Waals surface area (Å²) in [7, 11) is 0. The van der Waals surface area contributed by atoms with Gasteiger partial charge < -0.3 is 5.32 Å². The number of aryl methyl sites for hydroxylation is 1. The number of nitrogens with zero attached hydrogens (tertiary/aromatic N) is 1. The van der Waals surface area contributed by atoms with Crippen LogP contribution in [-0.4, -0.2) is 22.6 Å². The van der Waals surface area contributed by atoms with Crippen LogP contribution < -0.4 is 5.32 Å². The van der Waals surface area contributed by atoms with Crippen molar-refractivity contribution in [2.45, 2.75) is 20.3 Å². The molecule has 0 atom stereocenters. The first-order chi connectivity index (χ1) is 8.66. The lowest BCUT2D eigenvalue weighted by molar-refractivity contribution is -0.118. The highest BCUT2D eigenvalue weighted by Gasteiger charge is 2.00. The van der Waals surface area contributed by atoms with Crippen LogP contribution in [0, 0.1) is 18.8 Å². The molecular formula is C14H15N3O. The van der Waals surface area contributed by atoms with Crippen molar-refractivity contribution in [2.24, 2.45) is 0 Å². The van der Waals surface area contributed by atoms with Crippen LogP contribution in [0.15, 0.2) is 18.3 Å². The van der Waals surface area contributed by atoms with Crippen molar-refractivity contribution in [3.63, 3.8) is 0 Å². The van der Waals surface area contributed by atoms with Crippen molar-refractivity contribution in [1.82, 2.24) is 15.5 Å². The largest absolute Gasteiger partial charge is 0.355 e. The maximum absolute atomic E-state index is 10.7. The molecule has 0 aliphatic rings. The van der Waals surface area contributed by atoms with E-state index in [-0.39, 0.29) is 5.91 Å². The highest BCUT2D eigenvalue weighted by molar-refractivity contribution is 5.80. The predicted octanol–water partition coefficient (Wildman–Crippen LogP) is 1.75. The second kappa shape index (κ2) is 5.37. The van der Waals surface area contributed by atoms with Crippen LogP contribution in [0.2, 0.25) is 0 Å². The van der Waals surface area contributed by atoms with Gasteiger partial charge in [0.05, 0.1) is 11.7 Å². The fourth-order valence-electron chi connectivity index (χ4n) is 1.69. The standard InChI is InChI=1S/C14H15N3O/c1-10-7-14-13(9-16-17-14)8-12(10)5-3-4-6-15-11(2)18/h7-9H,4,6H2,1-2H3,(H,15,18)(H,16,17). The summed E-state index contributed by atoms with van der Waals surface area (Å²) >= 11 is 0. The Morgan fingerprint density at radius 1 is 1.50 bits per heavy atom. The summed E-state index contributed by atoms with van der Waals surface area (Å²) in [4.78, 5) is 10.7. The molecule has 2 aromatic rings. The Balaban J connectivity index is 2.09. The summed E-state index contributed by atoms with van der Waals surface area (Å²) in [5.41, 5.74) is 3.15. The molecule has 1 amide bonds. The van der Waals surface area contributed by atoms with E-state index in [4.69, 9.17) is 0 Å². The van der Waals surface area contributed by atoms with Crippen LogP contribution in [0.5, 0.6) is 0 Å². The summed E-state index contributed by atoms with van der Waals surface area (Å²) in [6.45, 7) is 4.12. The monoisotopic (exact) mass is 241 g/mol. The van der Waals surface area contributed by atoms with Crippen molar-refractivity contribution in [3.8, 4) is 11.8 Å². The second-order valence-electron chi connectivity index (χ2n) is 4.16. The molecule has 1 aromatic carbocycles. The zero-order chi connectivity index (χ0) is 13.0. The lowest BCUT2D eigenvalue weighted by atomic mass is 10.1. The number of nitrogens with one attached hydrogen (secondary N) is 2. The molecule has 0 unspecified atom stereocenters. The molecule has 0 saturated carbocycles. The number of aromatic nitrogens is 2. The van der Waals surface area contributed by atoms with Crippen LogP contribution in [-0.2, 0) is 4.79 Å². The first kappa shape index (κ1) is 12.2. The van der Waals surface area contributed by atoms with Gasteiger partial charge in [0.2, 0.25) is 5.91 Å². The number of amides is 1. The minimum atomic E-state index is -0.0206. The molecule has 2 rings (SSSR count). The van der Waals surface area contributed by atoms with Gasteiger partial charge in [-0.25, -0.2) is 0 Å². The summed E-state index contributed by atoms with van der Waals surface area (Å²) in [5, 5.41) is 10.7. The summed E-state index contributed by atoms with van der Waals surface area (Å²) in [6.07, 6.45) is 2.44. The van der Waals surface area contributed by atoms with E-state index < -0.39 is 0 Å². The average molecular weight is 241 g/mol. The maximum Gasteiger partial charge on any atom is 0.216 e. The Morgan fingerprint density at radius 2 is 2.33 bits per heavy atom. The molecule has 0 fully saturated rings. The lowest BCUT2D eigenvalue weighted by Crippen LogP contribution is -2.20.